The molecule has 0 fully saturated rings. The van der Waals surface area contributed by atoms with Crippen LogP contribution in [-0.2, 0) is 5.54 Å². The monoisotopic (exact) mass is 726 g/mol. The smallest absolute Gasteiger partial charge is 0.183 e. The van der Waals surface area contributed by atoms with Crippen LogP contribution in [0.3, 0.4) is 0 Å². The van der Waals surface area contributed by atoms with Crippen molar-refractivity contribution in [1.29, 1.82) is 0 Å². The van der Waals surface area contributed by atoms with Gasteiger partial charge in [-0.25, -0.2) is 0 Å². The molecule has 1 spiro atoms. The summed E-state index contributed by atoms with van der Waals surface area (Å²) >= 11 is 0. The van der Waals surface area contributed by atoms with Crippen molar-refractivity contribution in [2.45, 2.75) is 31.5 Å². The van der Waals surface area contributed by atoms with Gasteiger partial charge in [0.05, 0.1) is 44.2 Å². The molecular formula is C54H36N3+3. The third kappa shape index (κ3) is 3.46. The predicted octanol–water partition coefficient (Wildman–Crippen LogP) is 11.0. The molecule has 57 heavy (non-hydrogen) atoms. The first-order valence-corrected chi connectivity index (χ1v) is 20.2. The molecule has 0 N–H and O–H groups in total. The van der Waals surface area contributed by atoms with E-state index in [2.05, 4.69) is 198 Å². The summed E-state index contributed by atoms with van der Waals surface area (Å²) in [5, 5.41) is 10.3. The molecule has 0 radical (unpaired) electrons. The number of benzene rings is 7. The molecule has 0 aliphatic carbocycles. The van der Waals surface area contributed by atoms with Crippen molar-refractivity contribution in [2.24, 2.45) is 0 Å². The Morgan fingerprint density at radius 1 is 0.456 bits per heavy atom. The molecule has 7 heterocycles. The summed E-state index contributed by atoms with van der Waals surface area (Å²) in [4.78, 5) is 0. The number of nitrogens with zero attached hydrogens (tertiary/aromatic N) is 3. The number of aromatic nitrogens is 3. The molecule has 0 saturated heterocycles. The van der Waals surface area contributed by atoms with Gasteiger partial charge in [0.2, 0.25) is 22.8 Å². The van der Waals surface area contributed by atoms with Gasteiger partial charge in [0.1, 0.15) is 0 Å². The highest BCUT2D eigenvalue weighted by atomic mass is 15.3. The molecule has 7 aromatic carbocycles. The van der Waals surface area contributed by atoms with Crippen LogP contribution < -0.4 is 13.7 Å². The molecular weight excluding hydrogens is 691 g/mol. The maximum atomic E-state index is 2.77. The highest BCUT2D eigenvalue weighted by Crippen LogP contribution is 2.62. The van der Waals surface area contributed by atoms with Crippen LogP contribution in [0.5, 0.6) is 0 Å². The maximum Gasteiger partial charge on any atom is 0.325 e. The van der Waals surface area contributed by atoms with Crippen molar-refractivity contribution < 1.29 is 13.7 Å². The first-order chi connectivity index (χ1) is 28.1. The highest BCUT2D eigenvalue weighted by molar-refractivity contribution is 6.03. The van der Waals surface area contributed by atoms with E-state index < -0.39 is 5.54 Å². The SMILES string of the molecule is Cc1cc2c3c(c1)-c1c4ccccc4cc[n+]1C1(c4ccc5ccccc5c4-c4cc(C)cc5[n+]4C1c1ccc4ccccc4c1-5)C3[n+]1ccc3ccccc3c1-2. The molecule has 0 bridgehead atoms. The van der Waals surface area contributed by atoms with Crippen LogP contribution in [-0.4, -0.2) is 0 Å². The lowest BCUT2D eigenvalue weighted by Gasteiger charge is -2.41. The van der Waals surface area contributed by atoms with Crippen molar-refractivity contribution in [3.05, 3.63) is 198 Å². The van der Waals surface area contributed by atoms with Gasteiger partial charge in [-0.15, -0.1) is 0 Å². The molecule has 10 aromatic rings. The molecule has 0 saturated carbocycles. The minimum Gasteiger partial charge on any atom is -0.183 e. The average molecular weight is 727 g/mol. The van der Waals surface area contributed by atoms with E-state index in [1.54, 1.807) is 0 Å². The predicted molar refractivity (Wildman–Crippen MR) is 228 cm³/mol. The lowest BCUT2D eigenvalue weighted by Crippen LogP contribution is -2.76. The normalized spacial score (nSPS) is 18.8. The van der Waals surface area contributed by atoms with E-state index in [-0.39, 0.29) is 12.1 Å². The van der Waals surface area contributed by atoms with Gasteiger partial charge >= 0.3 is 5.54 Å². The summed E-state index contributed by atoms with van der Waals surface area (Å²) in [7, 11) is 0. The Bertz CT molecular complexity index is 3290. The largest absolute Gasteiger partial charge is 0.325 e. The third-order valence-electron chi connectivity index (χ3n) is 14.0. The van der Waals surface area contributed by atoms with E-state index in [1.165, 1.54) is 116 Å². The van der Waals surface area contributed by atoms with Crippen molar-refractivity contribution >= 4 is 43.1 Å². The Hall–Kier alpha value is -6.97. The molecule has 3 heteroatoms. The second-order valence-electron chi connectivity index (χ2n) is 16.8. The molecule has 264 valence electrons. The van der Waals surface area contributed by atoms with Gasteiger partial charge in [0, 0.05) is 29.8 Å². The molecule has 3 nitrogen and oxygen atoms in total. The summed E-state index contributed by atoms with van der Waals surface area (Å²) in [5.74, 6) is 0. The van der Waals surface area contributed by atoms with Gasteiger partial charge in [0.25, 0.3) is 12.1 Å². The number of pyridine rings is 3. The lowest BCUT2D eigenvalue weighted by atomic mass is 9.64. The zero-order chi connectivity index (χ0) is 37.3. The summed E-state index contributed by atoms with van der Waals surface area (Å²) < 4.78 is 8.20. The summed E-state index contributed by atoms with van der Waals surface area (Å²) in [5.41, 5.74) is 16.7. The van der Waals surface area contributed by atoms with Crippen molar-refractivity contribution in [1.82, 2.24) is 0 Å². The molecule has 3 atom stereocenters. The van der Waals surface area contributed by atoms with Crippen LogP contribution in [0, 0.1) is 13.8 Å². The van der Waals surface area contributed by atoms with Gasteiger partial charge in [0.15, 0.2) is 12.4 Å². The highest BCUT2D eigenvalue weighted by Gasteiger charge is 2.76. The topological polar surface area (TPSA) is 11.6 Å². The fraction of sp³-hybridized carbons (Fsp3) is 0.0926. The van der Waals surface area contributed by atoms with Gasteiger partial charge in [-0.2, -0.15) is 13.7 Å². The van der Waals surface area contributed by atoms with Crippen molar-refractivity contribution in [3.63, 3.8) is 0 Å². The molecule has 14 rings (SSSR count). The Labute approximate surface area is 330 Å². The van der Waals surface area contributed by atoms with E-state index in [1.807, 2.05) is 0 Å². The van der Waals surface area contributed by atoms with E-state index in [0.717, 1.165) is 0 Å². The number of fused-ring (bicyclic) bond motifs is 22. The Balaban J connectivity index is 1.28. The second kappa shape index (κ2) is 10.3. The van der Waals surface area contributed by atoms with Crippen molar-refractivity contribution in [2.75, 3.05) is 0 Å². The number of hydrogen-bond acceptors (Lipinski definition) is 0. The number of hydrogen-bond donors (Lipinski definition) is 0. The Morgan fingerprint density at radius 3 is 1.68 bits per heavy atom. The summed E-state index contributed by atoms with van der Waals surface area (Å²) in [6.07, 6.45) is 4.85. The van der Waals surface area contributed by atoms with E-state index in [4.69, 9.17) is 0 Å². The Kier molecular flexibility index (Phi) is 5.45. The second-order valence-corrected chi connectivity index (χ2v) is 16.8. The van der Waals surface area contributed by atoms with Crippen LogP contribution in [0.1, 0.15) is 39.9 Å². The number of aryl methyl sites for hydroxylation is 2. The van der Waals surface area contributed by atoms with Gasteiger partial charge < -0.3 is 0 Å². The molecule has 4 aliphatic heterocycles. The summed E-state index contributed by atoms with van der Waals surface area (Å²) in [6, 6.07) is 60.3. The first-order valence-electron chi connectivity index (χ1n) is 20.2. The van der Waals surface area contributed by atoms with Gasteiger partial charge in [-0.1, -0.05) is 103 Å². The van der Waals surface area contributed by atoms with E-state index in [9.17, 15) is 0 Å². The van der Waals surface area contributed by atoms with Gasteiger partial charge in [-0.05, 0) is 87.6 Å². The van der Waals surface area contributed by atoms with Crippen molar-refractivity contribution in [3.8, 4) is 45.0 Å². The summed E-state index contributed by atoms with van der Waals surface area (Å²) in [6.45, 7) is 4.56. The standard InChI is InChI=1S/C54H36N3/c1-31-27-42-48-43(28-31)51-40-18-10-6-14-36(40)24-26-56(51)54(53(48)55-25-23-35-13-5-9-17-39(35)50(42)55)44-22-20-34-12-4-8-16-38(34)49(44)46-30-32(2)29-45-47-37-15-7-3-11-33(37)19-21-41(47)52(54)57(45)46/h3-30,52-53H,1-2H3/q+3. The molecule has 0 amide bonds. The van der Waals surface area contributed by atoms with Crippen LogP contribution in [0.25, 0.3) is 88.1 Å². The Morgan fingerprint density at radius 2 is 0.982 bits per heavy atom. The van der Waals surface area contributed by atoms with E-state index >= 15 is 0 Å². The zero-order valence-electron chi connectivity index (χ0n) is 31.7. The van der Waals surface area contributed by atoms with Crippen LogP contribution in [0.4, 0.5) is 0 Å². The third-order valence-corrected chi connectivity index (χ3v) is 14.0. The first kappa shape index (κ1) is 30.3. The molecule has 3 aromatic heterocycles. The van der Waals surface area contributed by atoms with E-state index in [0.29, 0.717) is 0 Å². The van der Waals surface area contributed by atoms with Crippen LogP contribution in [0.15, 0.2) is 170 Å². The van der Waals surface area contributed by atoms with Gasteiger partial charge in [-0.3, -0.25) is 0 Å². The molecule has 3 unspecified atom stereocenters. The fourth-order valence-electron chi connectivity index (χ4n) is 12.1. The quantitative estimate of drug-likeness (QED) is 0.138. The lowest BCUT2D eigenvalue weighted by molar-refractivity contribution is -0.872. The minimum atomic E-state index is -0.622. The van der Waals surface area contributed by atoms with Crippen LogP contribution >= 0.6 is 0 Å². The average Bonchev–Trinajstić information content (AvgIpc) is 3.77. The fourth-order valence-corrected chi connectivity index (χ4v) is 12.1. The van der Waals surface area contributed by atoms with Crippen LogP contribution in [0.2, 0.25) is 0 Å². The number of rotatable bonds is 0. The minimum absolute atomic E-state index is 0.0569. The molecule has 4 aliphatic rings. The zero-order valence-corrected chi connectivity index (χ0v) is 31.7. The maximum absolute atomic E-state index is 2.77.